The van der Waals surface area contributed by atoms with Gasteiger partial charge in [0.2, 0.25) is 0 Å². The molecule has 35 heavy (non-hydrogen) atoms. The molecular formula is C32H22P2S. The average molecular weight is 501 g/mol. The van der Waals surface area contributed by atoms with Crippen molar-refractivity contribution in [1.82, 2.24) is 0 Å². The van der Waals surface area contributed by atoms with Crippen LogP contribution in [0.1, 0.15) is 20.9 Å². The highest BCUT2D eigenvalue weighted by Gasteiger charge is 2.43. The van der Waals surface area contributed by atoms with Crippen molar-refractivity contribution in [2.75, 3.05) is 0 Å². The molecule has 2 aliphatic heterocycles. The molecule has 7 rings (SSSR count). The van der Waals surface area contributed by atoms with Gasteiger partial charge in [-0.2, -0.15) is 0 Å². The van der Waals surface area contributed by atoms with Gasteiger partial charge in [-0.15, -0.1) is 11.3 Å². The summed E-state index contributed by atoms with van der Waals surface area (Å²) in [6.07, 6.45) is 0. The average Bonchev–Trinajstić information content (AvgIpc) is 3.82. The first-order valence-corrected chi connectivity index (χ1v) is 15.3. The summed E-state index contributed by atoms with van der Waals surface area (Å²) in [5.41, 5.74) is 2.74. The molecule has 166 valence electrons. The molecule has 5 aromatic rings. The van der Waals surface area contributed by atoms with Gasteiger partial charge in [-0.1, -0.05) is 121 Å². The van der Waals surface area contributed by atoms with E-state index in [0.29, 0.717) is 0 Å². The molecule has 2 unspecified atom stereocenters. The predicted octanol–water partition coefficient (Wildman–Crippen LogP) is 9.04. The van der Waals surface area contributed by atoms with Gasteiger partial charge in [-0.3, -0.25) is 0 Å². The zero-order valence-corrected chi connectivity index (χ0v) is 21.6. The van der Waals surface area contributed by atoms with Crippen molar-refractivity contribution in [3.8, 4) is 0 Å². The second-order valence-corrected chi connectivity index (χ2v) is 13.9. The SMILES string of the molecule is c1ccc(C2=C(c3ccc(C4=C(c5ccccc5)P4c4ccccc4)s3)P2c2ccccc2)cc1. The molecule has 0 bridgehead atoms. The van der Waals surface area contributed by atoms with E-state index in [4.69, 9.17) is 0 Å². The Labute approximate surface area is 212 Å². The molecule has 2 atom stereocenters. The Morgan fingerprint density at radius 2 is 0.686 bits per heavy atom. The van der Waals surface area contributed by atoms with Crippen LogP contribution in [0, 0.1) is 0 Å². The zero-order chi connectivity index (χ0) is 23.2. The summed E-state index contributed by atoms with van der Waals surface area (Å²) in [5, 5.41) is 9.10. The van der Waals surface area contributed by atoms with Crippen molar-refractivity contribution < 1.29 is 0 Å². The summed E-state index contributed by atoms with van der Waals surface area (Å²) in [6, 6.07) is 48.7. The van der Waals surface area contributed by atoms with Crippen LogP contribution in [0.4, 0.5) is 0 Å². The number of hydrogen-bond donors (Lipinski definition) is 0. The molecule has 3 heteroatoms. The van der Waals surface area contributed by atoms with Gasteiger partial charge in [-0.25, -0.2) is 0 Å². The minimum Gasteiger partial charge on any atom is -0.135 e. The third-order valence-electron chi connectivity index (χ3n) is 6.44. The number of hydrogen-bond acceptors (Lipinski definition) is 1. The van der Waals surface area contributed by atoms with Gasteiger partial charge in [0, 0.05) is 31.0 Å². The predicted molar refractivity (Wildman–Crippen MR) is 157 cm³/mol. The molecule has 0 amide bonds. The third-order valence-corrected chi connectivity index (χ3v) is 12.7. The molecule has 0 fully saturated rings. The summed E-state index contributed by atoms with van der Waals surface area (Å²) >= 11 is 1.98. The highest BCUT2D eigenvalue weighted by atomic mass is 32.1. The number of rotatable bonds is 6. The topological polar surface area (TPSA) is 0 Å². The van der Waals surface area contributed by atoms with Crippen molar-refractivity contribution >= 4 is 59.0 Å². The molecule has 4 aromatic carbocycles. The lowest BCUT2D eigenvalue weighted by Crippen LogP contribution is -1.92. The molecule has 2 aliphatic rings. The first-order valence-electron chi connectivity index (χ1n) is 11.8. The standard InChI is InChI=1S/C32H22P2S/c1-5-13-23(14-6-1)29-31(33(29)25-17-9-3-10-18-25)27-21-22-28(35-27)32-30(24-15-7-2-8-16-24)34(32)26-19-11-4-12-20-26/h1-22H. The van der Waals surface area contributed by atoms with E-state index < -0.39 is 0 Å². The maximum Gasteiger partial charge on any atom is 0.0367 e. The van der Waals surface area contributed by atoms with Crippen LogP contribution in [0.15, 0.2) is 133 Å². The van der Waals surface area contributed by atoms with Crippen molar-refractivity contribution in [2.45, 2.75) is 0 Å². The molecule has 0 N–H and O–H groups in total. The maximum atomic E-state index is 2.37. The Kier molecular flexibility index (Phi) is 5.37. The second-order valence-electron chi connectivity index (χ2n) is 8.63. The lowest BCUT2D eigenvalue weighted by atomic mass is 10.2. The van der Waals surface area contributed by atoms with Gasteiger partial charge in [-0.05, 0) is 49.7 Å². The van der Waals surface area contributed by atoms with E-state index in [1.165, 1.54) is 31.5 Å². The van der Waals surface area contributed by atoms with Crippen molar-refractivity contribution in [2.24, 2.45) is 0 Å². The van der Waals surface area contributed by atoms with E-state index in [-0.39, 0.29) is 15.8 Å². The Bertz CT molecular complexity index is 1450. The van der Waals surface area contributed by atoms with Crippen molar-refractivity contribution in [3.63, 3.8) is 0 Å². The highest BCUT2D eigenvalue weighted by Crippen LogP contribution is 2.80. The quantitative estimate of drug-likeness (QED) is 0.204. The summed E-state index contributed by atoms with van der Waals surface area (Å²) in [5.74, 6) is 0. The zero-order valence-electron chi connectivity index (χ0n) is 19.0. The maximum absolute atomic E-state index is 2.37. The van der Waals surface area contributed by atoms with Gasteiger partial charge in [0.1, 0.15) is 0 Å². The summed E-state index contributed by atoms with van der Waals surface area (Å²) in [4.78, 5) is 2.87. The Hall–Kier alpha value is -3.08. The molecular weight excluding hydrogens is 478 g/mol. The van der Waals surface area contributed by atoms with E-state index >= 15 is 0 Å². The van der Waals surface area contributed by atoms with Crippen LogP contribution in [0.3, 0.4) is 0 Å². The molecule has 0 saturated carbocycles. The highest BCUT2D eigenvalue weighted by molar-refractivity contribution is 7.96. The van der Waals surface area contributed by atoms with Gasteiger partial charge in [0.15, 0.2) is 0 Å². The lowest BCUT2D eigenvalue weighted by Gasteiger charge is -2.02. The number of benzene rings is 4. The summed E-state index contributed by atoms with van der Waals surface area (Å²) < 4.78 is 0. The minimum absolute atomic E-state index is 0.387. The van der Waals surface area contributed by atoms with Gasteiger partial charge in [0.25, 0.3) is 0 Å². The monoisotopic (exact) mass is 500 g/mol. The lowest BCUT2D eigenvalue weighted by molar-refractivity contribution is 1.66. The van der Waals surface area contributed by atoms with Crippen molar-refractivity contribution in [3.05, 3.63) is 154 Å². The summed E-state index contributed by atoms with van der Waals surface area (Å²) in [6.45, 7) is 0. The van der Waals surface area contributed by atoms with Crippen LogP contribution >= 0.6 is 27.2 Å². The molecule has 3 heterocycles. The Morgan fingerprint density at radius 1 is 0.343 bits per heavy atom. The third kappa shape index (κ3) is 3.85. The van der Waals surface area contributed by atoms with Crippen LogP contribution in [0.5, 0.6) is 0 Å². The van der Waals surface area contributed by atoms with E-state index in [9.17, 15) is 0 Å². The van der Waals surface area contributed by atoms with Crippen molar-refractivity contribution in [1.29, 1.82) is 0 Å². The van der Waals surface area contributed by atoms with Crippen LogP contribution < -0.4 is 10.6 Å². The normalized spacial score (nSPS) is 18.6. The van der Waals surface area contributed by atoms with Gasteiger partial charge in [0.05, 0.1) is 0 Å². The fraction of sp³-hybridized carbons (Fsp3) is 0. The van der Waals surface area contributed by atoms with Gasteiger partial charge >= 0.3 is 0 Å². The van der Waals surface area contributed by atoms with Crippen LogP contribution in [0.2, 0.25) is 0 Å². The molecule has 1 aromatic heterocycles. The molecule has 0 radical (unpaired) electrons. The minimum atomic E-state index is -0.387. The smallest absolute Gasteiger partial charge is 0.0367 e. The fourth-order valence-corrected chi connectivity index (χ4v) is 11.5. The Morgan fingerprint density at radius 3 is 1.06 bits per heavy atom. The Balaban J connectivity index is 1.29. The van der Waals surface area contributed by atoms with Gasteiger partial charge < -0.3 is 0 Å². The van der Waals surface area contributed by atoms with E-state index in [1.807, 2.05) is 11.3 Å². The number of thiophene rings is 1. The molecule has 0 nitrogen and oxygen atoms in total. The van der Waals surface area contributed by atoms with Crippen LogP contribution in [-0.4, -0.2) is 0 Å². The fourth-order valence-electron chi connectivity index (χ4n) is 4.77. The molecule has 0 aliphatic carbocycles. The van der Waals surface area contributed by atoms with E-state index in [1.54, 1.807) is 21.3 Å². The van der Waals surface area contributed by atoms with E-state index in [0.717, 1.165) is 0 Å². The first-order chi connectivity index (χ1) is 17.4. The van der Waals surface area contributed by atoms with Crippen LogP contribution in [-0.2, 0) is 0 Å². The largest absolute Gasteiger partial charge is 0.135 e. The molecule has 0 spiro atoms. The van der Waals surface area contributed by atoms with Crippen LogP contribution in [0.25, 0.3) is 21.3 Å². The second kappa shape index (κ2) is 8.85. The first kappa shape index (κ1) is 21.2. The summed E-state index contributed by atoms with van der Waals surface area (Å²) in [7, 11) is -0.775. The van der Waals surface area contributed by atoms with E-state index in [2.05, 4.69) is 133 Å². The molecule has 0 saturated heterocycles.